The predicted octanol–water partition coefficient (Wildman–Crippen LogP) is 5.81. The van der Waals surface area contributed by atoms with Crippen molar-refractivity contribution in [1.82, 2.24) is 9.88 Å². The van der Waals surface area contributed by atoms with Gasteiger partial charge in [0.15, 0.2) is 0 Å². The molecule has 3 nitrogen and oxygen atoms in total. The van der Waals surface area contributed by atoms with Crippen molar-refractivity contribution in [2.24, 2.45) is 17.8 Å². The maximum Gasteiger partial charge on any atom is 0.268 e. The van der Waals surface area contributed by atoms with E-state index in [0.717, 1.165) is 28.6 Å². The van der Waals surface area contributed by atoms with Gasteiger partial charge in [0.1, 0.15) is 5.69 Å². The van der Waals surface area contributed by atoms with Crippen LogP contribution in [-0.4, -0.2) is 16.5 Å². The minimum absolute atomic E-state index is 0.0666. The van der Waals surface area contributed by atoms with Crippen LogP contribution in [0, 0.1) is 24.7 Å². The zero-order valence-corrected chi connectivity index (χ0v) is 17.8. The first-order chi connectivity index (χ1) is 13.4. The minimum Gasteiger partial charge on any atom is -0.348 e. The summed E-state index contributed by atoms with van der Waals surface area (Å²) in [4.78, 5) is 13.4. The van der Waals surface area contributed by atoms with Gasteiger partial charge < -0.3 is 9.88 Å². The number of rotatable bonds is 6. The molecular weight excluding hydrogens is 344 g/mol. The summed E-state index contributed by atoms with van der Waals surface area (Å²) in [5, 5.41) is 4.55. The third-order valence-corrected chi connectivity index (χ3v) is 7.33. The molecule has 0 aliphatic heterocycles. The molecule has 2 aromatic rings. The lowest BCUT2D eigenvalue weighted by Gasteiger charge is -2.28. The molecule has 1 aromatic carbocycles. The highest BCUT2D eigenvalue weighted by atomic mass is 16.2. The minimum atomic E-state index is 0.0666. The summed E-state index contributed by atoms with van der Waals surface area (Å²) in [5.74, 6) is 2.90. The standard InChI is InChI=1S/C25H34N2O/c1-6-11-27-23-10-9-19(15(2)3)14-21(23)16(4)24(27)25(28)26-17(5)22-13-18-7-8-20(22)12-18/h6,9-10,14-15,17-18,20,22H,1,7-8,11-13H2,2-5H3,(H,26,28). The number of amides is 1. The molecule has 3 heteroatoms. The maximum atomic E-state index is 13.4. The maximum absolute atomic E-state index is 13.4. The largest absolute Gasteiger partial charge is 0.348 e. The Balaban J connectivity index is 1.66. The van der Waals surface area contributed by atoms with Gasteiger partial charge in [0.05, 0.1) is 0 Å². The Morgan fingerprint density at radius 2 is 2.07 bits per heavy atom. The van der Waals surface area contributed by atoms with Crippen molar-refractivity contribution in [3.05, 3.63) is 47.7 Å². The number of hydrogen-bond acceptors (Lipinski definition) is 1. The Labute approximate surface area is 169 Å². The Morgan fingerprint density at radius 3 is 2.68 bits per heavy atom. The first-order valence-electron chi connectivity index (χ1n) is 10.9. The summed E-state index contributed by atoms with van der Waals surface area (Å²) >= 11 is 0. The lowest BCUT2D eigenvalue weighted by Crippen LogP contribution is -2.41. The molecule has 2 aliphatic rings. The molecular formula is C25H34N2O. The fourth-order valence-electron chi connectivity index (χ4n) is 5.80. The van der Waals surface area contributed by atoms with Crippen LogP contribution in [0.5, 0.6) is 0 Å². The van der Waals surface area contributed by atoms with Crippen LogP contribution in [0.1, 0.15) is 74.0 Å². The Kier molecular flexibility index (Phi) is 5.11. The highest BCUT2D eigenvalue weighted by molar-refractivity contribution is 6.02. The fourth-order valence-corrected chi connectivity index (χ4v) is 5.80. The number of fused-ring (bicyclic) bond motifs is 3. The first kappa shape index (κ1) is 19.3. The monoisotopic (exact) mass is 378 g/mol. The predicted molar refractivity (Wildman–Crippen MR) is 117 cm³/mol. The van der Waals surface area contributed by atoms with Crippen molar-refractivity contribution in [3.8, 4) is 0 Å². The molecule has 2 aliphatic carbocycles. The number of aryl methyl sites for hydroxylation is 1. The third-order valence-electron chi connectivity index (χ3n) is 7.33. The molecule has 1 heterocycles. The quantitative estimate of drug-likeness (QED) is 0.632. The number of nitrogens with one attached hydrogen (secondary N) is 1. The van der Waals surface area contributed by atoms with E-state index in [1.807, 2.05) is 6.08 Å². The summed E-state index contributed by atoms with van der Waals surface area (Å²) in [6.45, 7) is 13.3. The van der Waals surface area contributed by atoms with Gasteiger partial charge in [0.25, 0.3) is 5.91 Å². The second-order valence-corrected chi connectivity index (χ2v) is 9.41. The van der Waals surface area contributed by atoms with Gasteiger partial charge in [-0.15, -0.1) is 6.58 Å². The summed E-state index contributed by atoms with van der Waals surface area (Å²) in [6, 6.07) is 6.84. The lowest BCUT2D eigenvalue weighted by molar-refractivity contribution is 0.0906. The molecule has 4 atom stereocenters. The van der Waals surface area contributed by atoms with E-state index in [1.165, 1.54) is 36.6 Å². The van der Waals surface area contributed by atoms with Crippen molar-refractivity contribution in [2.75, 3.05) is 0 Å². The molecule has 0 saturated heterocycles. The van der Waals surface area contributed by atoms with Gasteiger partial charge in [-0.05, 0) is 80.0 Å². The number of hydrogen-bond donors (Lipinski definition) is 1. The van der Waals surface area contributed by atoms with E-state index < -0.39 is 0 Å². The average Bonchev–Trinajstić information content (AvgIpc) is 3.36. The second kappa shape index (κ2) is 7.42. The van der Waals surface area contributed by atoms with Crippen molar-refractivity contribution < 1.29 is 4.79 Å². The van der Waals surface area contributed by atoms with E-state index in [-0.39, 0.29) is 11.9 Å². The van der Waals surface area contributed by atoms with E-state index in [4.69, 9.17) is 0 Å². The number of carbonyl (C=O) groups excluding carboxylic acids is 1. The molecule has 1 N–H and O–H groups in total. The summed E-state index contributed by atoms with van der Waals surface area (Å²) in [5.41, 5.74) is 4.32. The molecule has 0 radical (unpaired) electrons. The normalized spacial score (nSPS) is 24.8. The molecule has 1 aromatic heterocycles. The number of allylic oxidation sites excluding steroid dienone is 1. The number of benzene rings is 1. The van der Waals surface area contributed by atoms with Crippen LogP contribution in [0.2, 0.25) is 0 Å². The van der Waals surface area contributed by atoms with E-state index in [2.05, 4.69) is 62.4 Å². The van der Waals surface area contributed by atoms with E-state index in [9.17, 15) is 4.79 Å². The molecule has 28 heavy (non-hydrogen) atoms. The summed E-state index contributed by atoms with van der Waals surface area (Å²) in [7, 11) is 0. The van der Waals surface area contributed by atoms with Crippen LogP contribution in [0.4, 0.5) is 0 Å². The van der Waals surface area contributed by atoms with Crippen molar-refractivity contribution in [1.29, 1.82) is 0 Å². The molecule has 0 spiro atoms. The number of carbonyl (C=O) groups is 1. The van der Waals surface area contributed by atoms with Crippen LogP contribution in [0.3, 0.4) is 0 Å². The van der Waals surface area contributed by atoms with Gasteiger partial charge in [-0.3, -0.25) is 4.79 Å². The molecule has 2 saturated carbocycles. The Morgan fingerprint density at radius 1 is 1.29 bits per heavy atom. The smallest absolute Gasteiger partial charge is 0.268 e. The van der Waals surface area contributed by atoms with Gasteiger partial charge in [-0.1, -0.05) is 32.4 Å². The fraction of sp³-hybridized carbons (Fsp3) is 0.560. The molecule has 4 unspecified atom stereocenters. The first-order valence-corrected chi connectivity index (χ1v) is 10.9. The molecule has 150 valence electrons. The zero-order valence-electron chi connectivity index (χ0n) is 17.8. The molecule has 4 rings (SSSR count). The highest BCUT2D eigenvalue weighted by Gasteiger charge is 2.42. The van der Waals surface area contributed by atoms with Crippen molar-refractivity contribution >= 4 is 16.8 Å². The molecule has 1 amide bonds. The van der Waals surface area contributed by atoms with E-state index in [0.29, 0.717) is 18.4 Å². The van der Waals surface area contributed by atoms with Crippen LogP contribution in [0.25, 0.3) is 10.9 Å². The van der Waals surface area contributed by atoms with E-state index >= 15 is 0 Å². The average molecular weight is 379 g/mol. The third kappa shape index (κ3) is 3.19. The van der Waals surface area contributed by atoms with Crippen LogP contribution in [-0.2, 0) is 6.54 Å². The van der Waals surface area contributed by atoms with Gasteiger partial charge in [-0.25, -0.2) is 0 Å². The van der Waals surface area contributed by atoms with Gasteiger partial charge in [0.2, 0.25) is 0 Å². The Bertz CT molecular complexity index is 907. The van der Waals surface area contributed by atoms with Gasteiger partial charge >= 0.3 is 0 Å². The van der Waals surface area contributed by atoms with Crippen LogP contribution >= 0.6 is 0 Å². The summed E-state index contributed by atoms with van der Waals surface area (Å²) < 4.78 is 2.13. The Hall–Kier alpha value is -2.03. The second-order valence-electron chi connectivity index (χ2n) is 9.41. The summed E-state index contributed by atoms with van der Waals surface area (Å²) in [6.07, 6.45) is 7.29. The lowest BCUT2D eigenvalue weighted by atomic mass is 9.84. The number of nitrogens with zero attached hydrogens (tertiary/aromatic N) is 1. The zero-order chi connectivity index (χ0) is 20.0. The number of aromatic nitrogens is 1. The SMILES string of the molecule is C=CCn1c(C(=O)NC(C)C2CC3CCC2C3)c(C)c2cc(C(C)C)ccc21. The topological polar surface area (TPSA) is 34.0 Å². The van der Waals surface area contributed by atoms with Gasteiger partial charge in [-0.2, -0.15) is 0 Å². The highest BCUT2D eigenvalue weighted by Crippen LogP contribution is 2.49. The van der Waals surface area contributed by atoms with Crippen molar-refractivity contribution in [3.63, 3.8) is 0 Å². The molecule has 2 bridgehead atoms. The van der Waals surface area contributed by atoms with Crippen LogP contribution < -0.4 is 5.32 Å². The van der Waals surface area contributed by atoms with Crippen molar-refractivity contribution in [2.45, 2.75) is 71.9 Å². The van der Waals surface area contributed by atoms with E-state index in [1.54, 1.807) is 0 Å². The molecule has 2 fully saturated rings. The van der Waals surface area contributed by atoms with Gasteiger partial charge in [0, 0.05) is 23.5 Å². The van der Waals surface area contributed by atoms with Crippen LogP contribution in [0.15, 0.2) is 30.9 Å².